The van der Waals surface area contributed by atoms with Gasteiger partial charge in [-0.15, -0.1) is 23.1 Å². The summed E-state index contributed by atoms with van der Waals surface area (Å²) in [6, 6.07) is 17.5. The fraction of sp³-hybridized carbons (Fsp3) is 0.639. The number of benzene rings is 2. The molecule has 1 fully saturated rings. The van der Waals surface area contributed by atoms with Crippen LogP contribution in [0.25, 0.3) is 10.2 Å². The number of para-hydroxylation sites is 1. The predicted octanol–water partition coefficient (Wildman–Crippen LogP) is 9.42. The Morgan fingerprint density at radius 2 is 1.35 bits per heavy atom. The highest BCUT2D eigenvalue weighted by molar-refractivity contribution is 8.00. The zero-order valence-electron chi connectivity index (χ0n) is 26.8. The van der Waals surface area contributed by atoms with E-state index in [0.717, 1.165) is 94.7 Å². The minimum absolute atomic E-state index is 0.0659. The summed E-state index contributed by atoms with van der Waals surface area (Å²) in [7, 11) is 0. The molecule has 238 valence electrons. The van der Waals surface area contributed by atoms with Gasteiger partial charge in [-0.1, -0.05) is 89.8 Å². The fourth-order valence-corrected chi connectivity index (χ4v) is 8.11. The van der Waals surface area contributed by atoms with Crippen molar-refractivity contribution in [1.29, 1.82) is 0 Å². The molecule has 43 heavy (non-hydrogen) atoms. The number of nitrogens with zero attached hydrogens (tertiary/aromatic N) is 1. The van der Waals surface area contributed by atoms with Gasteiger partial charge in [-0.05, 0) is 48.9 Å². The zero-order chi connectivity index (χ0) is 30.3. The summed E-state index contributed by atoms with van der Waals surface area (Å²) < 4.78 is 27.7. The van der Waals surface area contributed by atoms with Gasteiger partial charge in [-0.3, -0.25) is 0 Å². The standard InChI is InChI=1S/C36H53NO4S2/c1-5-9-20-38-26-31-33(39-21-10-6-2)34(40-22-11-7-3)35(41-23-12-8-4)36(43-31)28-17-15-16-27(24-28)25-32-37-29-18-13-14-19-30(29)42-32/h13-19,24,31,33-36H,5-12,20-23,25-26H2,1-4H3/t31-,33-,34+,35-,36+/m1/s1. The lowest BCUT2D eigenvalue weighted by atomic mass is 9.95. The summed E-state index contributed by atoms with van der Waals surface area (Å²) in [5, 5.41) is 1.45. The van der Waals surface area contributed by atoms with Gasteiger partial charge in [0.2, 0.25) is 0 Å². The molecular weight excluding hydrogens is 575 g/mol. The Balaban J connectivity index is 1.64. The first kappa shape index (κ1) is 34.4. The number of hydrogen-bond acceptors (Lipinski definition) is 7. The average molecular weight is 628 g/mol. The van der Waals surface area contributed by atoms with E-state index in [1.54, 1.807) is 11.3 Å². The van der Waals surface area contributed by atoms with Crippen molar-refractivity contribution in [3.05, 3.63) is 64.7 Å². The molecule has 2 aromatic carbocycles. The van der Waals surface area contributed by atoms with Crippen LogP contribution < -0.4 is 0 Å². The summed E-state index contributed by atoms with van der Waals surface area (Å²) >= 11 is 3.76. The summed E-state index contributed by atoms with van der Waals surface area (Å²) in [6.07, 6.45) is 9.18. The van der Waals surface area contributed by atoms with Gasteiger partial charge in [0.25, 0.3) is 0 Å². The highest BCUT2D eigenvalue weighted by Crippen LogP contribution is 2.47. The zero-order valence-corrected chi connectivity index (χ0v) is 28.4. The van der Waals surface area contributed by atoms with Crippen LogP contribution in [0, 0.1) is 0 Å². The van der Waals surface area contributed by atoms with Gasteiger partial charge in [-0.2, -0.15) is 0 Å². The molecule has 7 heteroatoms. The maximum absolute atomic E-state index is 6.78. The molecule has 0 bridgehead atoms. The molecule has 1 aliphatic heterocycles. The van der Waals surface area contributed by atoms with Crippen LogP contribution in [0.15, 0.2) is 48.5 Å². The Bertz CT molecular complexity index is 1150. The van der Waals surface area contributed by atoms with Crippen LogP contribution in [0.2, 0.25) is 0 Å². The number of rotatable bonds is 20. The number of unbranched alkanes of at least 4 members (excludes halogenated alkanes) is 4. The van der Waals surface area contributed by atoms with Crippen molar-refractivity contribution in [1.82, 2.24) is 4.98 Å². The van der Waals surface area contributed by atoms with Crippen molar-refractivity contribution in [2.24, 2.45) is 0 Å². The van der Waals surface area contributed by atoms with Crippen molar-refractivity contribution in [3.63, 3.8) is 0 Å². The normalized spacial score (nSPS) is 22.4. The number of thiazole rings is 1. The van der Waals surface area contributed by atoms with Crippen LogP contribution in [0.3, 0.4) is 0 Å². The topological polar surface area (TPSA) is 49.8 Å². The largest absolute Gasteiger partial charge is 0.380 e. The molecule has 0 radical (unpaired) electrons. The van der Waals surface area contributed by atoms with E-state index < -0.39 is 0 Å². The molecule has 1 aromatic heterocycles. The fourth-order valence-electron chi connectivity index (χ4n) is 5.48. The molecule has 0 aliphatic carbocycles. The van der Waals surface area contributed by atoms with Crippen molar-refractivity contribution in [2.45, 2.75) is 114 Å². The number of thioether (sulfide) groups is 1. The van der Waals surface area contributed by atoms with Crippen LogP contribution in [0.5, 0.6) is 0 Å². The Morgan fingerprint density at radius 1 is 0.698 bits per heavy atom. The van der Waals surface area contributed by atoms with Gasteiger partial charge >= 0.3 is 0 Å². The second kappa shape index (κ2) is 19.1. The molecule has 4 rings (SSSR count). The number of hydrogen-bond donors (Lipinski definition) is 0. The third-order valence-electron chi connectivity index (χ3n) is 7.96. The first-order valence-corrected chi connectivity index (χ1v) is 18.5. The van der Waals surface area contributed by atoms with Crippen LogP contribution in [-0.2, 0) is 25.4 Å². The Labute approximate surface area is 268 Å². The molecule has 2 heterocycles. The Kier molecular flexibility index (Phi) is 15.3. The van der Waals surface area contributed by atoms with Crippen LogP contribution in [-0.4, -0.2) is 61.6 Å². The molecule has 1 aliphatic rings. The maximum atomic E-state index is 6.78. The number of ether oxygens (including phenoxy) is 4. The second-order valence-electron chi connectivity index (χ2n) is 11.6. The molecule has 0 unspecified atom stereocenters. The monoisotopic (exact) mass is 627 g/mol. The van der Waals surface area contributed by atoms with E-state index in [2.05, 4.69) is 76.2 Å². The van der Waals surface area contributed by atoms with Crippen molar-refractivity contribution >= 4 is 33.3 Å². The van der Waals surface area contributed by atoms with E-state index in [0.29, 0.717) is 6.61 Å². The molecule has 0 N–H and O–H groups in total. The smallest absolute Gasteiger partial charge is 0.112 e. The lowest BCUT2D eigenvalue weighted by molar-refractivity contribution is -0.149. The first-order chi connectivity index (χ1) is 21.2. The van der Waals surface area contributed by atoms with Crippen LogP contribution in [0.1, 0.15) is 100 Å². The van der Waals surface area contributed by atoms with Gasteiger partial charge in [0.1, 0.15) is 18.3 Å². The van der Waals surface area contributed by atoms with Crippen LogP contribution in [0.4, 0.5) is 0 Å². The summed E-state index contributed by atoms with van der Waals surface area (Å²) in [4.78, 5) is 4.91. The van der Waals surface area contributed by atoms with Gasteiger partial charge < -0.3 is 18.9 Å². The minimum Gasteiger partial charge on any atom is -0.380 e. The lowest BCUT2D eigenvalue weighted by Gasteiger charge is -2.46. The van der Waals surface area contributed by atoms with E-state index in [9.17, 15) is 0 Å². The summed E-state index contributed by atoms with van der Waals surface area (Å²) in [5.41, 5.74) is 3.66. The average Bonchev–Trinajstić information content (AvgIpc) is 3.43. The summed E-state index contributed by atoms with van der Waals surface area (Å²) in [6.45, 7) is 12.5. The van der Waals surface area contributed by atoms with E-state index in [-0.39, 0.29) is 28.8 Å². The van der Waals surface area contributed by atoms with E-state index in [1.807, 2.05) is 11.8 Å². The lowest BCUT2D eigenvalue weighted by Crippen LogP contribution is -2.55. The van der Waals surface area contributed by atoms with Crippen molar-refractivity contribution in [3.8, 4) is 0 Å². The predicted molar refractivity (Wildman–Crippen MR) is 183 cm³/mol. The molecule has 0 spiro atoms. The molecular formula is C36H53NO4S2. The first-order valence-electron chi connectivity index (χ1n) is 16.7. The number of aromatic nitrogens is 1. The summed E-state index contributed by atoms with van der Waals surface area (Å²) in [5.74, 6) is 0. The molecule has 3 aromatic rings. The highest BCUT2D eigenvalue weighted by atomic mass is 32.2. The SMILES string of the molecule is CCCCOC[C@H]1S[C@@H](c2cccc(Cc3nc4ccccc4s3)c2)[C@H](OCCCC)[C@@H](OCCCC)[C@@H]1OCCCC. The van der Waals surface area contributed by atoms with Crippen LogP contribution >= 0.6 is 23.1 Å². The molecule has 5 nitrogen and oxygen atoms in total. The second-order valence-corrected chi connectivity index (χ2v) is 14.1. The molecule has 0 saturated carbocycles. The van der Waals surface area contributed by atoms with Gasteiger partial charge in [0.05, 0.1) is 32.3 Å². The van der Waals surface area contributed by atoms with Gasteiger partial charge in [-0.25, -0.2) is 4.98 Å². The maximum Gasteiger partial charge on any atom is 0.112 e. The van der Waals surface area contributed by atoms with E-state index in [4.69, 9.17) is 23.9 Å². The van der Waals surface area contributed by atoms with Crippen molar-refractivity contribution < 1.29 is 18.9 Å². The third kappa shape index (κ3) is 10.3. The quantitative estimate of drug-likeness (QED) is 0.116. The molecule has 5 atom stereocenters. The van der Waals surface area contributed by atoms with Crippen molar-refractivity contribution in [2.75, 3.05) is 33.0 Å². The van der Waals surface area contributed by atoms with E-state index in [1.165, 1.54) is 15.8 Å². The van der Waals surface area contributed by atoms with Gasteiger partial charge in [0.15, 0.2) is 0 Å². The Morgan fingerprint density at radius 3 is 2.05 bits per heavy atom. The third-order valence-corrected chi connectivity index (χ3v) is 10.6. The number of fused-ring (bicyclic) bond motifs is 1. The molecule has 0 amide bonds. The minimum atomic E-state index is -0.140. The molecule has 1 saturated heterocycles. The Hall–Kier alpha value is -1.48. The van der Waals surface area contributed by atoms with Gasteiger partial charge in [0, 0.05) is 32.8 Å². The highest BCUT2D eigenvalue weighted by Gasteiger charge is 2.48. The van der Waals surface area contributed by atoms with E-state index >= 15 is 0 Å².